The monoisotopic (exact) mass is 690 g/mol. The molecule has 0 amide bonds. The van der Waals surface area contributed by atoms with E-state index in [4.69, 9.17) is 15.0 Å². The Hall–Kier alpha value is -7.17. The summed E-state index contributed by atoms with van der Waals surface area (Å²) in [6.45, 7) is 0. The molecule has 9 aromatic rings. The van der Waals surface area contributed by atoms with Gasteiger partial charge >= 0.3 is 0 Å². The Labute approximate surface area is 313 Å². The van der Waals surface area contributed by atoms with E-state index in [-0.39, 0.29) is 0 Å². The van der Waals surface area contributed by atoms with Gasteiger partial charge in [-0.15, -0.1) is 0 Å². The summed E-state index contributed by atoms with van der Waals surface area (Å²) in [6, 6.07) is 61.7. The number of rotatable bonds is 6. The molecule has 0 fully saturated rings. The SMILES string of the molecule is C1=C(c2ccc(-c3ccc(-c4nc5ccccc5c5nc6ccccn6c45)cc3)cc2)CC=C(c2ccccc2)N=C1c1cccc(-c2ccccc2)c1. The zero-order valence-electron chi connectivity index (χ0n) is 29.5. The summed E-state index contributed by atoms with van der Waals surface area (Å²) in [4.78, 5) is 15.4. The molecule has 10 rings (SSSR count). The lowest BCUT2D eigenvalue weighted by Crippen LogP contribution is -1.99. The molecular formula is C50H34N4. The third-order valence-corrected chi connectivity index (χ3v) is 10.3. The van der Waals surface area contributed by atoms with E-state index in [0.29, 0.717) is 0 Å². The van der Waals surface area contributed by atoms with Crippen LogP contribution in [0.3, 0.4) is 0 Å². The molecule has 4 heterocycles. The third-order valence-electron chi connectivity index (χ3n) is 10.3. The van der Waals surface area contributed by atoms with Crippen molar-refractivity contribution < 1.29 is 0 Å². The van der Waals surface area contributed by atoms with E-state index in [2.05, 4.69) is 168 Å². The fourth-order valence-electron chi connectivity index (χ4n) is 7.52. The first-order valence-electron chi connectivity index (χ1n) is 18.3. The third kappa shape index (κ3) is 5.80. The van der Waals surface area contributed by atoms with Gasteiger partial charge in [-0.1, -0.05) is 158 Å². The first-order valence-corrected chi connectivity index (χ1v) is 18.3. The minimum absolute atomic E-state index is 0.778. The number of pyridine rings is 2. The number of fused-ring (bicyclic) bond motifs is 5. The molecule has 0 radical (unpaired) electrons. The number of hydrogen-bond donors (Lipinski definition) is 0. The van der Waals surface area contributed by atoms with Gasteiger partial charge in [-0.05, 0) is 75.7 Å². The van der Waals surface area contributed by atoms with E-state index < -0.39 is 0 Å². The molecule has 4 nitrogen and oxygen atoms in total. The van der Waals surface area contributed by atoms with Gasteiger partial charge < -0.3 is 0 Å². The van der Waals surface area contributed by atoms with E-state index in [1.54, 1.807) is 0 Å². The lowest BCUT2D eigenvalue weighted by molar-refractivity contribution is 1.22. The van der Waals surface area contributed by atoms with E-state index in [0.717, 1.165) is 78.9 Å². The van der Waals surface area contributed by atoms with Crippen LogP contribution in [0.25, 0.3) is 72.4 Å². The smallest absolute Gasteiger partial charge is 0.137 e. The summed E-state index contributed by atoms with van der Waals surface area (Å²) in [5.74, 6) is 0. The van der Waals surface area contributed by atoms with Crippen LogP contribution in [0.1, 0.15) is 23.1 Å². The van der Waals surface area contributed by atoms with Crippen LogP contribution in [-0.4, -0.2) is 20.1 Å². The predicted octanol–water partition coefficient (Wildman–Crippen LogP) is 12.4. The van der Waals surface area contributed by atoms with E-state index >= 15 is 0 Å². The van der Waals surface area contributed by atoms with Gasteiger partial charge in [0, 0.05) is 22.7 Å². The Kier molecular flexibility index (Phi) is 7.85. The van der Waals surface area contributed by atoms with Gasteiger partial charge in [0.1, 0.15) is 11.2 Å². The minimum Gasteiger partial charge on any atom is -0.298 e. The molecule has 0 saturated carbocycles. The molecule has 1 aliphatic rings. The van der Waals surface area contributed by atoms with Gasteiger partial charge in [-0.3, -0.25) is 4.40 Å². The van der Waals surface area contributed by atoms with Crippen molar-refractivity contribution in [2.75, 3.05) is 0 Å². The lowest BCUT2D eigenvalue weighted by Gasteiger charge is -2.10. The topological polar surface area (TPSA) is 42.5 Å². The zero-order valence-corrected chi connectivity index (χ0v) is 29.5. The first kappa shape index (κ1) is 31.6. The molecule has 254 valence electrons. The van der Waals surface area contributed by atoms with E-state index in [1.807, 2.05) is 30.3 Å². The largest absolute Gasteiger partial charge is 0.298 e. The first-order chi connectivity index (χ1) is 26.7. The van der Waals surface area contributed by atoms with E-state index in [1.165, 1.54) is 22.3 Å². The fraction of sp³-hybridized carbons (Fsp3) is 0.0200. The Balaban J connectivity index is 0.989. The summed E-state index contributed by atoms with van der Waals surface area (Å²) in [5, 5.41) is 1.06. The number of nitrogens with zero attached hydrogens (tertiary/aromatic N) is 4. The highest BCUT2D eigenvalue weighted by atomic mass is 15.0. The number of aliphatic imine (C=N–C) groups is 1. The number of hydrogen-bond acceptors (Lipinski definition) is 3. The van der Waals surface area contributed by atoms with Crippen LogP contribution in [0.15, 0.2) is 199 Å². The minimum atomic E-state index is 0.778. The van der Waals surface area contributed by atoms with Crippen molar-refractivity contribution in [2.24, 2.45) is 4.99 Å². The van der Waals surface area contributed by atoms with Crippen molar-refractivity contribution in [2.45, 2.75) is 6.42 Å². The fourth-order valence-corrected chi connectivity index (χ4v) is 7.52. The molecule has 0 N–H and O–H groups in total. The second-order valence-electron chi connectivity index (χ2n) is 13.6. The standard InChI is InChI=1S/C50H34N4/c1-3-12-34(13-4-1)40-16-11-17-42(32-40)46-33-41(29-30-44(51-46)38-14-5-2-6-15-38)37-23-21-35(22-24-37)36-25-27-39(28-26-36)48-50-49(43-18-7-8-19-45(43)52-48)53-47-20-9-10-31-54(47)50/h1-28,30-33H,29H2. The molecule has 1 aliphatic heterocycles. The maximum atomic E-state index is 5.26. The van der Waals surface area contributed by atoms with Crippen molar-refractivity contribution >= 4 is 44.6 Å². The predicted molar refractivity (Wildman–Crippen MR) is 224 cm³/mol. The van der Waals surface area contributed by atoms with E-state index in [9.17, 15) is 0 Å². The average molecular weight is 691 g/mol. The molecule has 0 spiro atoms. The van der Waals surface area contributed by atoms with Crippen LogP contribution < -0.4 is 0 Å². The highest BCUT2D eigenvalue weighted by molar-refractivity contribution is 6.15. The van der Waals surface area contributed by atoms with Crippen molar-refractivity contribution in [1.29, 1.82) is 0 Å². The van der Waals surface area contributed by atoms with Crippen LogP contribution in [0.2, 0.25) is 0 Å². The lowest BCUT2D eigenvalue weighted by atomic mass is 9.95. The quantitative estimate of drug-likeness (QED) is 0.174. The van der Waals surface area contributed by atoms with Crippen LogP contribution in [0.4, 0.5) is 0 Å². The summed E-state index contributed by atoms with van der Waals surface area (Å²) in [5.41, 5.74) is 17.1. The van der Waals surface area contributed by atoms with Crippen molar-refractivity contribution in [3.05, 3.63) is 211 Å². The summed E-state index contributed by atoms with van der Waals surface area (Å²) in [7, 11) is 0. The zero-order chi connectivity index (χ0) is 35.8. The number of imidazole rings is 1. The molecule has 3 aromatic heterocycles. The second-order valence-corrected chi connectivity index (χ2v) is 13.6. The van der Waals surface area contributed by atoms with Crippen LogP contribution in [0.5, 0.6) is 0 Å². The van der Waals surface area contributed by atoms with Crippen molar-refractivity contribution in [3.63, 3.8) is 0 Å². The molecular weight excluding hydrogens is 657 g/mol. The summed E-state index contributed by atoms with van der Waals surface area (Å²) < 4.78 is 2.15. The normalized spacial score (nSPS) is 13.1. The van der Waals surface area contributed by atoms with Gasteiger partial charge in [0.25, 0.3) is 0 Å². The number of para-hydroxylation sites is 1. The Bertz CT molecular complexity index is 2920. The molecule has 4 heteroatoms. The molecule has 0 aliphatic carbocycles. The van der Waals surface area contributed by atoms with Gasteiger partial charge in [-0.25, -0.2) is 15.0 Å². The Morgan fingerprint density at radius 1 is 0.463 bits per heavy atom. The number of benzene rings is 6. The Morgan fingerprint density at radius 2 is 1.07 bits per heavy atom. The highest BCUT2D eigenvalue weighted by Crippen LogP contribution is 2.35. The van der Waals surface area contributed by atoms with Crippen molar-refractivity contribution in [1.82, 2.24) is 14.4 Å². The summed E-state index contributed by atoms with van der Waals surface area (Å²) >= 11 is 0. The molecule has 0 bridgehead atoms. The van der Waals surface area contributed by atoms with Crippen molar-refractivity contribution in [3.8, 4) is 33.5 Å². The molecule has 6 aromatic carbocycles. The van der Waals surface area contributed by atoms with Crippen LogP contribution >= 0.6 is 0 Å². The van der Waals surface area contributed by atoms with Gasteiger partial charge in [0.2, 0.25) is 0 Å². The second kappa shape index (κ2) is 13.4. The molecule has 0 unspecified atom stereocenters. The van der Waals surface area contributed by atoms with Gasteiger partial charge in [0.15, 0.2) is 0 Å². The van der Waals surface area contributed by atoms with Crippen LogP contribution in [-0.2, 0) is 0 Å². The van der Waals surface area contributed by atoms with Gasteiger partial charge in [0.05, 0.1) is 28.1 Å². The maximum absolute atomic E-state index is 5.26. The molecule has 0 atom stereocenters. The number of allylic oxidation sites excluding steroid dienone is 3. The highest BCUT2D eigenvalue weighted by Gasteiger charge is 2.17. The molecule has 54 heavy (non-hydrogen) atoms. The Morgan fingerprint density at radius 3 is 1.85 bits per heavy atom. The van der Waals surface area contributed by atoms with Gasteiger partial charge in [-0.2, -0.15) is 0 Å². The maximum Gasteiger partial charge on any atom is 0.137 e. The summed E-state index contributed by atoms with van der Waals surface area (Å²) in [6.07, 6.45) is 7.36. The van der Waals surface area contributed by atoms with Crippen LogP contribution in [0, 0.1) is 0 Å². The average Bonchev–Trinajstić information content (AvgIpc) is 3.50. The molecule has 0 saturated heterocycles. The number of aromatic nitrogens is 3.